The second kappa shape index (κ2) is 6.26. The van der Waals surface area contributed by atoms with Gasteiger partial charge in [0.1, 0.15) is 0 Å². The normalized spacial score (nSPS) is 24.5. The van der Waals surface area contributed by atoms with Crippen LogP contribution < -0.4 is 0 Å². The van der Waals surface area contributed by atoms with Gasteiger partial charge in [0, 0.05) is 13.1 Å². The van der Waals surface area contributed by atoms with Crippen molar-refractivity contribution >= 4 is 0 Å². The molecule has 1 nitrogen and oxygen atoms in total. The van der Waals surface area contributed by atoms with Crippen LogP contribution >= 0.6 is 0 Å². The van der Waals surface area contributed by atoms with Crippen LogP contribution in [0.5, 0.6) is 0 Å². The summed E-state index contributed by atoms with van der Waals surface area (Å²) in [5.74, 6) is 1.69. The van der Waals surface area contributed by atoms with Crippen molar-refractivity contribution in [1.29, 1.82) is 0 Å². The third kappa shape index (κ3) is 2.83. The maximum absolute atomic E-state index is 2.70. The molecule has 2 aromatic carbocycles. The Hall–Kier alpha value is -1.60. The van der Waals surface area contributed by atoms with Crippen molar-refractivity contribution in [3.05, 3.63) is 71.3 Å². The quantitative estimate of drug-likeness (QED) is 0.816. The van der Waals surface area contributed by atoms with Crippen molar-refractivity contribution in [2.75, 3.05) is 19.6 Å². The van der Waals surface area contributed by atoms with E-state index in [0.717, 1.165) is 11.8 Å². The molecule has 1 heterocycles. The topological polar surface area (TPSA) is 3.24 Å². The van der Waals surface area contributed by atoms with E-state index in [9.17, 15) is 0 Å². The molecule has 1 heteroatoms. The third-order valence-electron chi connectivity index (χ3n) is 5.62. The number of piperidine rings is 1. The molecule has 0 bridgehead atoms. The molecule has 1 fully saturated rings. The van der Waals surface area contributed by atoms with E-state index in [1.807, 2.05) is 0 Å². The number of benzene rings is 2. The summed E-state index contributed by atoms with van der Waals surface area (Å²) in [4.78, 5) is 2.70. The van der Waals surface area contributed by atoms with E-state index in [0.29, 0.717) is 0 Å². The second-order valence-electron chi connectivity index (χ2n) is 6.93. The third-order valence-corrected chi connectivity index (χ3v) is 5.62. The van der Waals surface area contributed by atoms with Crippen LogP contribution in [0.3, 0.4) is 0 Å². The Kier molecular flexibility index (Phi) is 3.99. The van der Waals surface area contributed by atoms with Crippen molar-refractivity contribution in [2.24, 2.45) is 5.92 Å². The first kappa shape index (κ1) is 14.0. The van der Waals surface area contributed by atoms with Crippen LogP contribution in [0.25, 0.3) is 0 Å². The molecule has 0 N–H and O–H groups in total. The number of aryl methyl sites for hydroxylation is 1. The summed E-state index contributed by atoms with van der Waals surface area (Å²) in [6, 6.07) is 20.1. The molecule has 1 aliphatic carbocycles. The van der Waals surface area contributed by atoms with Crippen LogP contribution in [0.15, 0.2) is 54.6 Å². The van der Waals surface area contributed by atoms with Crippen molar-refractivity contribution < 1.29 is 0 Å². The summed E-state index contributed by atoms with van der Waals surface area (Å²) >= 11 is 0. The lowest BCUT2D eigenvalue weighted by Crippen LogP contribution is -2.42. The molecule has 0 aromatic heterocycles. The van der Waals surface area contributed by atoms with Gasteiger partial charge in [0.25, 0.3) is 0 Å². The molecule has 0 radical (unpaired) electrons. The highest BCUT2D eigenvalue weighted by atomic mass is 15.1. The van der Waals surface area contributed by atoms with Gasteiger partial charge in [-0.05, 0) is 60.8 Å². The number of likely N-dealkylation sites (tertiary alicyclic amines) is 1. The molecule has 114 valence electrons. The van der Waals surface area contributed by atoms with Gasteiger partial charge in [-0.1, -0.05) is 54.6 Å². The molecule has 2 atom stereocenters. The van der Waals surface area contributed by atoms with Crippen LogP contribution in [0, 0.1) is 5.92 Å². The van der Waals surface area contributed by atoms with E-state index in [1.165, 1.54) is 50.9 Å². The molecule has 2 aromatic rings. The maximum Gasteiger partial charge on any atom is 0.00219 e. The minimum atomic E-state index is 0.818. The lowest BCUT2D eigenvalue weighted by molar-refractivity contribution is 0.142. The first-order valence-corrected chi connectivity index (χ1v) is 8.74. The SMILES string of the molecule is c1ccc(CCN2CC[C@H]3c4ccccc4CC[C@@H]3C2)cc1. The first-order valence-electron chi connectivity index (χ1n) is 8.74. The maximum atomic E-state index is 2.70. The van der Waals surface area contributed by atoms with Gasteiger partial charge < -0.3 is 4.90 Å². The van der Waals surface area contributed by atoms with Gasteiger partial charge in [0.05, 0.1) is 0 Å². The molecule has 0 unspecified atom stereocenters. The molecule has 2 aliphatic rings. The Labute approximate surface area is 134 Å². The fraction of sp³-hybridized carbons (Fsp3) is 0.429. The van der Waals surface area contributed by atoms with E-state index in [1.54, 1.807) is 11.1 Å². The van der Waals surface area contributed by atoms with E-state index >= 15 is 0 Å². The molecule has 0 saturated carbocycles. The van der Waals surface area contributed by atoms with Crippen LogP contribution in [0.4, 0.5) is 0 Å². The Morgan fingerprint density at radius 1 is 0.909 bits per heavy atom. The first-order chi connectivity index (χ1) is 10.9. The van der Waals surface area contributed by atoms with Crippen molar-refractivity contribution in [3.8, 4) is 0 Å². The van der Waals surface area contributed by atoms with Gasteiger partial charge >= 0.3 is 0 Å². The van der Waals surface area contributed by atoms with E-state index in [4.69, 9.17) is 0 Å². The summed E-state index contributed by atoms with van der Waals surface area (Å²) in [5, 5.41) is 0. The zero-order chi connectivity index (χ0) is 14.8. The number of nitrogens with zero attached hydrogens (tertiary/aromatic N) is 1. The van der Waals surface area contributed by atoms with E-state index < -0.39 is 0 Å². The molecule has 1 saturated heterocycles. The zero-order valence-corrected chi connectivity index (χ0v) is 13.2. The highest BCUT2D eigenvalue weighted by molar-refractivity contribution is 5.34. The fourth-order valence-electron chi connectivity index (χ4n) is 4.41. The number of fused-ring (bicyclic) bond motifs is 3. The Bertz CT molecular complexity index is 619. The van der Waals surface area contributed by atoms with Gasteiger partial charge in [-0.25, -0.2) is 0 Å². The number of rotatable bonds is 3. The monoisotopic (exact) mass is 291 g/mol. The van der Waals surface area contributed by atoms with Crippen LogP contribution in [-0.2, 0) is 12.8 Å². The lowest BCUT2D eigenvalue weighted by atomic mass is 9.71. The minimum Gasteiger partial charge on any atom is -0.303 e. The Morgan fingerprint density at radius 2 is 1.73 bits per heavy atom. The highest BCUT2D eigenvalue weighted by Crippen LogP contribution is 2.41. The minimum absolute atomic E-state index is 0.818. The molecule has 0 spiro atoms. The predicted molar refractivity (Wildman–Crippen MR) is 92.2 cm³/mol. The van der Waals surface area contributed by atoms with Crippen LogP contribution in [-0.4, -0.2) is 24.5 Å². The molecular formula is C21H25N. The van der Waals surface area contributed by atoms with Gasteiger partial charge in [-0.3, -0.25) is 0 Å². The average Bonchev–Trinajstić information content (AvgIpc) is 2.60. The molecular weight excluding hydrogens is 266 g/mol. The van der Waals surface area contributed by atoms with Gasteiger partial charge in [-0.2, -0.15) is 0 Å². The number of hydrogen-bond donors (Lipinski definition) is 0. The van der Waals surface area contributed by atoms with Crippen LogP contribution in [0.2, 0.25) is 0 Å². The zero-order valence-electron chi connectivity index (χ0n) is 13.2. The summed E-state index contributed by atoms with van der Waals surface area (Å²) < 4.78 is 0. The highest BCUT2D eigenvalue weighted by Gasteiger charge is 2.33. The lowest BCUT2D eigenvalue weighted by Gasteiger charge is -2.42. The Balaban J connectivity index is 1.39. The van der Waals surface area contributed by atoms with Crippen molar-refractivity contribution in [3.63, 3.8) is 0 Å². The smallest absolute Gasteiger partial charge is 0.00219 e. The molecule has 1 aliphatic heterocycles. The predicted octanol–water partition coefficient (Wildman–Crippen LogP) is 4.28. The summed E-state index contributed by atoms with van der Waals surface area (Å²) in [6.07, 6.45) is 5.19. The summed E-state index contributed by atoms with van der Waals surface area (Å²) in [7, 11) is 0. The van der Waals surface area contributed by atoms with Crippen molar-refractivity contribution in [2.45, 2.75) is 31.6 Å². The molecule has 22 heavy (non-hydrogen) atoms. The van der Waals surface area contributed by atoms with Crippen molar-refractivity contribution in [1.82, 2.24) is 4.90 Å². The fourth-order valence-corrected chi connectivity index (χ4v) is 4.41. The van der Waals surface area contributed by atoms with E-state index in [-0.39, 0.29) is 0 Å². The second-order valence-corrected chi connectivity index (χ2v) is 6.93. The standard InChI is InChI=1S/C21H25N/c1-2-6-17(7-3-1)12-14-22-15-13-21-19(16-22)11-10-18-8-4-5-9-20(18)21/h1-9,19,21H,10-16H2/t19-,21-/m1/s1. The molecule has 4 rings (SSSR count). The van der Waals surface area contributed by atoms with Gasteiger partial charge in [0.2, 0.25) is 0 Å². The number of hydrogen-bond acceptors (Lipinski definition) is 1. The van der Waals surface area contributed by atoms with Crippen LogP contribution in [0.1, 0.15) is 35.4 Å². The van der Waals surface area contributed by atoms with E-state index in [2.05, 4.69) is 59.5 Å². The van der Waals surface area contributed by atoms with Gasteiger partial charge in [0.15, 0.2) is 0 Å². The largest absolute Gasteiger partial charge is 0.303 e. The average molecular weight is 291 g/mol. The molecule has 0 amide bonds. The summed E-state index contributed by atoms with van der Waals surface area (Å²) in [6.45, 7) is 3.78. The van der Waals surface area contributed by atoms with Gasteiger partial charge in [-0.15, -0.1) is 0 Å². The summed E-state index contributed by atoms with van der Waals surface area (Å²) in [5.41, 5.74) is 4.74. The Morgan fingerprint density at radius 3 is 2.64 bits per heavy atom.